The van der Waals surface area contributed by atoms with Gasteiger partial charge in [-0.2, -0.15) is 0 Å². The second-order valence-corrected chi connectivity index (χ2v) is 7.10. The van der Waals surface area contributed by atoms with E-state index in [0.717, 1.165) is 12.8 Å². The third-order valence-corrected chi connectivity index (χ3v) is 5.46. The molecule has 1 aromatic rings. The van der Waals surface area contributed by atoms with E-state index >= 15 is 0 Å². The number of halogens is 2. The van der Waals surface area contributed by atoms with Gasteiger partial charge < -0.3 is 5.32 Å². The van der Waals surface area contributed by atoms with Crippen LogP contribution in [0.3, 0.4) is 0 Å². The highest BCUT2D eigenvalue weighted by atomic mass is 35.5. The van der Waals surface area contributed by atoms with Gasteiger partial charge in [-0.05, 0) is 43.7 Å². The van der Waals surface area contributed by atoms with Gasteiger partial charge in [-0.1, -0.05) is 36.2 Å². The summed E-state index contributed by atoms with van der Waals surface area (Å²) in [5.41, 5.74) is -0.118. The van der Waals surface area contributed by atoms with Crippen LogP contribution >= 0.6 is 23.2 Å². The summed E-state index contributed by atoms with van der Waals surface area (Å²) in [4.78, 5) is 26.3. The van der Waals surface area contributed by atoms with Gasteiger partial charge in [-0.3, -0.25) is 9.69 Å². The second-order valence-electron chi connectivity index (χ2n) is 6.29. The third-order valence-electron chi connectivity index (χ3n) is 4.75. The van der Waals surface area contributed by atoms with Gasteiger partial charge in [-0.15, -0.1) is 0 Å². The predicted molar refractivity (Wildman–Crippen MR) is 85.9 cm³/mol. The number of hydrogen-bond acceptors (Lipinski definition) is 2. The van der Waals surface area contributed by atoms with Crippen LogP contribution in [-0.4, -0.2) is 22.4 Å². The Labute approximate surface area is 139 Å². The molecular formula is C16H18Cl2N2O2. The zero-order chi connectivity index (χ0) is 15.9. The molecule has 118 valence electrons. The minimum Gasteiger partial charge on any atom is -0.323 e. The van der Waals surface area contributed by atoms with E-state index in [-0.39, 0.29) is 18.5 Å². The van der Waals surface area contributed by atoms with E-state index in [1.54, 1.807) is 18.2 Å². The standard InChI is InChI=1S/C16H18Cl2N2O2/c1-10-5-7-16(8-6-10)14(21)20(15(22)19-16)9-11-12(17)3-2-4-13(11)18/h2-4,10H,5-9H2,1H3,(H,19,22). The lowest BCUT2D eigenvalue weighted by Crippen LogP contribution is -2.49. The Bertz CT molecular complexity index is 604. The van der Waals surface area contributed by atoms with E-state index in [0.29, 0.717) is 34.4 Å². The van der Waals surface area contributed by atoms with Crippen molar-refractivity contribution >= 4 is 35.1 Å². The summed E-state index contributed by atoms with van der Waals surface area (Å²) in [5, 5.41) is 3.83. The Kier molecular flexibility index (Phi) is 4.08. The van der Waals surface area contributed by atoms with E-state index in [4.69, 9.17) is 23.2 Å². The highest BCUT2D eigenvalue weighted by Crippen LogP contribution is 2.37. The normalized spacial score (nSPS) is 28.3. The maximum absolute atomic E-state index is 12.8. The first-order chi connectivity index (χ1) is 10.4. The Balaban J connectivity index is 1.84. The number of urea groups is 1. The average Bonchev–Trinajstić information content (AvgIpc) is 2.70. The first-order valence-corrected chi connectivity index (χ1v) is 8.25. The molecule has 4 nitrogen and oxygen atoms in total. The largest absolute Gasteiger partial charge is 0.325 e. The van der Waals surface area contributed by atoms with E-state index < -0.39 is 5.54 Å². The Morgan fingerprint density at radius 1 is 1.23 bits per heavy atom. The summed E-state index contributed by atoms with van der Waals surface area (Å²) in [5.74, 6) is 0.447. The molecule has 1 heterocycles. The Morgan fingerprint density at radius 2 is 1.82 bits per heavy atom. The minimum atomic E-state index is -0.725. The van der Waals surface area contributed by atoms with Gasteiger partial charge in [0.1, 0.15) is 5.54 Å². The van der Waals surface area contributed by atoms with Gasteiger partial charge in [0.15, 0.2) is 0 Å². The molecule has 22 heavy (non-hydrogen) atoms. The van der Waals surface area contributed by atoms with E-state index in [2.05, 4.69) is 12.2 Å². The number of carbonyl (C=O) groups is 2. The lowest BCUT2D eigenvalue weighted by atomic mass is 9.77. The van der Waals surface area contributed by atoms with Crippen molar-refractivity contribution in [2.24, 2.45) is 5.92 Å². The molecule has 0 aromatic heterocycles. The van der Waals surface area contributed by atoms with E-state index in [1.807, 2.05) is 0 Å². The van der Waals surface area contributed by atoms with Crippen LogP contribution in [0.25, 0.3) is 0 Å². The Morgan fingerprint density at radius 3 is 2.41 bits per heavy atom. The summed E-state index contributed by atoms with van der Waals surface area (Å²) in [6.07, 6.45) is 3.30. The van der Waals surface area contributed by atoms with E-state index in [1.165, 1.54) is 4.90 Å². The van der Waals surface area contributed by atoms with Crippen LogP contribution < -0.4 is 5.32 Å². The van der Waals surface area contributed by atoms with Crippen molar-refractivity contribution in [2.75, 3.05) is 0 Å². The average molecular weight is 341 g/mol. The zero-order valence-corrected chi connectivity index (χ0v) is 13.9. The number of hydrogen-bond donors (Lipinski definition) is 1. The van der Waals surface area contributed by atoms with Crippen molar-refractivity contribution in [3.63, 3.8) is 0 Å². The highest BCUT2D eigenvalue weighted by molar-refractivity contribution is 6.36. The smallest absolute Gasteiger partial charge is 0.323 e. The van der Waals surface area contributed by atoms with Crippen LogP contribution in [0.5, 0.6) is 0 Å². The number of benzene rings is 1. The van der Waals surface area contributed by atoms with Gasteiger partial charge in [0.2, 0.25) is 0 Å². The molecule has 1 aliphatic heterocycles. The lowest BCUT2D eigenvalue weighted by Gasteiger charge is -2.33. The number of nitrogens with zero attached hydrogens (tertiary/aromatic N) is 1. The molecule has 0 radical (unpaired) electrons. The quantitative estimate of drug-likeness (QED) is 0.827. The molecule has 1 saturated heterocycles. The molecule has 0 unspecified atom stereocenters. The molecule has 3 rings (SSSR count). The van der Waals surface area contributed by atoms with E-state index in [9.17, 15) is 9.59 Å². The number of carbonyl (C=O) groups excluding carboxylic acids is 2. The molecule has 1 aliphatic carbocycles. The maximum atomic E-state index is 12.8. The highest BCUT2D eigenvalue weighted by Gasteiger charge is 2.52. The topological polar surface area (TPSA) is 49.4 Å². The van der Waals surface area contributed by atoms with Gasteiger partial charge in [0, 0.05) is 15.6 Å². The van der Waals surface area contributed by atoms with Crippen molar-refractivity contribution in [1.29, 1.82) is 0 Å². The van der Waals surface area contributed by atoms with Crippen LogP contribution in [0, 0.1) is 5.92 Å². The summed E-state index contributed by atoms with van der Waals surface area (Å²) in [7, 11) is 0. The van der Waals surface area contributed by atoms with Crippen molar-refractivity contribution in [3.8, 4) is 0 Å². The van der Waals surface area contributed by atoms with Crippen LogP contribution in [-0.2, 0) is 11.3 Å². The summed E-state index contributed by atoms with van der Waals surface area (Å²) >= 11 is 12.3. The van der Waals surface area contributed by atoms with Gasteiger partial charge in [0.05, 0.1) is 6.54 Å². The van der Waals surface area contributed by atoms with Crippen LogP contribution in [0.15, 0.2) is 18.2 Å². The molecule has 1 spiro atoms. The molecular weight excluding hydrogens is 323 g/mol. The number of rotatable bonds is 2. The van der Waals surface area contributed by atoms with Crippen molar-refractivity contribution in [3.05, 3.63) is 33.8 Å². The lowest BCUT2D eigenvalue weighted by molar-refractivity contribution is -0.133. The molecule has 0 bridgehead atoms. The van der Waals surface area contributed by atoms with Crippen molar-refractivity contribution in [1.82, 2.24) is 10.2 Å². The van der Waals surface area contributed by atoms with Gasteiger partial charge in [-0.25, -0.2) is 4.79 Å². The molecule has 1 saturated carbocycles. The first-order valence-electron chi connectivity index (χ1n) is 7.50. The molecule has 2 fully saturated rings. The molecule has 1 N–H and O–H groups in total. The molecule has 0 atom stereocenters. The number of amides is 3. The fraction of sp³-hybridized carbons (Fsp3) is 0.500. The van der Waals surface area contributed by atoms with Crippen molar-refractivity contribution < 1.29 is 9.59 Å². The SMILES string of the molecule is CC1CCC2(CC1)NC(=O)N(Cc1c(Cl)cccc1Cl)C2=O. The Hall–Kier alpha value is -1.26. The number of nitrogens with one attached hydrogen (secondary N) is 1. The monoisotopic (exact) mass is 340 g/mol. The number of imide groups is 1. The first kappa shape index (κ1) is 15.6. The fourth-order valence-corrected chi connectivity index (χ4v) is 3.77. The summed E-state index contributed by atoms with van der Waals surface area (Å²) in [6.45, 7) is 2.29. The van der Waals surface area contributed by atoms with Crippen LogP contribution in [0.2, 0.25) is 10.0 Å². The fourth-order valence-electron chi connectivity index (χ4n) is 3.26. The molecule has 3 amide bonds. The zero-order valence-electron chi connectivity index (χ0n) is 12.4. The van der Waals surface area contributed by atoms with Crippen LogP contribution in [0.4, 0.5) is 4.79 Å². The molecule has 6 heteroatoms. The van der Waals surface area contributed by atoms with Crippen LogP contribution in [0.1, 0.15) is 38.2 Å². The van der Waals surface area contributed by atoms with Gasteiger partial charge in [0.25, 0.3) is 5.91 Å². The molecule has 2 aliphatic rings. The predicted octanol–water partition coefficient (Wildman–Crippen LogP) is 3.99. The summed E-state index contributed by atoms with van der Waals surface area (Å²) in [6, 6.07) is 4.80. The van der Waals surface area contributed by atoms with Gasteiger partial charge >= 0.3 is 6.03 Å². The maximum Gasteiger partial charge on any atom is 0.325 e. The third kappa shape index (κ3) is 2.59. The minimum absolute atomic E-state index is 0.112. The molecule has 1 aromatic carbocycles. The summed E-state index contributed by atoms with van der Waals surface area (Å²) < 4.78 is 0. The second kappa shape index (κ2) is 5.74. The van der Waals surface area contributed by atoms with Crippen molar-refractivity contribution in [2.45, 2.75) is 44.7 Å².